The lowest BCUT2D eigenvalue weighted by Crippen LogP contribution is -2.22. The van der Waals surface area contributed by atoms with Crippen molar-refractivity contribution in [1.82, 2.24) is 4.98 Å². The summed E-state index contributed by atoms with van der Waals surface area (Å²) < 4.78 is 15.9. The molecule has 31 heavy (non-hydrogen) atoms. The summed E-state index contributed by atoms with van der Waals surface area (Å²) in [5.74, 6) is 0.801. The maximum Gasteiger partial charge on any atom is 0.306 e. The lowest BCUT2D eigenvalue weighted by Gasteiger charge is -2.17. The van der Waals surface area contributed by atoms with Crippen molar-refractivity contribution in [2.45, 2.75) is 26.4 Å². The Kier molecular flexibility index (Phi) is 7.61. The number of amides is 1. The maximum atomic E-state index is 12.2. The molecule has 0 N–H and O–H groups in total. The zero-order valence-electron chi connectivity index (χ0n) is 17.7. The van der Waals surface area contributed by atoms with Gasteiger partial charge in [-0.25, -0.2) is 4.98 Å². The number of anilines is 2. The van der Waals surface area contributed by atoms with E-state index in [0.717, 1.165) is 11.3 Å². The molecule has 2 aromatic carbocycles. The largest absolute Gasteiger partial charge is 0.493 e. The number of hydrogen-bond donors (Lipinski definition) is 0. The zero-order chi connectivity index (χ0) is 22.2. The first-order valence-electron chi connectivity index (χ1n) is 9.68. The molecule has 3 aromatic rings. The van der Waals surface area contributed by atoms with Gasteiger partial charge in [0.15, 0.2) is 16.6 Å². The molecule has 1 heterocycles. The number of para-hydroxylation sites is 1. The molecule has 0 aliphatic rings. The van der Waals surface area contributed by atoms with E-state index in [4.69, 9.17) is 14.2 Å². The molecule has 0 atom stereocenters. The number of thiazole rings is 1. The van der Waals surface area contributed by atoms with Crippen molar-refractivity contribution in [3.8, 4) is 11.5 Å². The minimum Gasteiger partial charge on any atom is -0.493 e. The summed E-state index contributed by atoms with van der Waals surface area (Å²) in [7, 11) is 3.15. The number of carbonyl (C=O) groups excluding carboxylic acids is 2. The van der Waals surface area contributed by atoms with E-state index in [-0.39, 0.29) is 24.9 Å². The van der Waals surface area contributed by atoms with Crippen molar-refractivity contribution in [3.63, 3.8) is 0 Å². The van der Waals surface area contributed by atoms with Crippen LogP contribution in [0.4, 0.5) is 10.8 Å². The molecule has 0 fully saturated rings. The van der Waals surface area contributed by atoms with Crippen LogP contribution in [0.5, 0.6) is 11.5 Å². The monoisotopic (exact) mass is 440 g/mol. The van der Waals surface area contributed by atoms with Crippen molar-refractivity contribution < 1.29 is 23.8 Å². The van der Waals surface area contributed by atoms with E-state index >= 15 is 0 Å². The zero-order valence-corrected chi connectivity index (χ0v) is 18.5. The van der Waals surface area contributed by atoms with Gasteiger partial charge in [-0.1, -0.05) is 24.3 Å². The number of nitrogens with zero attached hydrogens (tertiary/aromatic N) is 2. The highest BCUT2D eigenvalue weighted by molar-refractivity contribution is 7.14. The van der Waals surface area contributed by atoms with Crippen LogP contribution in [-0.2, 0) is 27.4 Å². The summed E-state index contributed by atoms with van der Waals surface area (Å²) in [6.07, 6.45) is 0.754. The molecule has 8 heteroatoms. The molecule has 1 aromatic heterocycles. The van der Waals surface area contributed by atoms with Gasteiger partial charge in [0.25, 0.3) is 0 Å². The van der Waals surface area contributed by atoms with E-state index in [9.17, 15) is 9.59 Å². The fourth-order valence-electron chi connectivity index (χ4n) is 2.98. The fourth-order valence-corrected chi connectivity index (χ4v) is 3.85. The summed E-state index contributed by atoms with van der Waals surface area (Å²) in [5, 5.41) is 2.32. The Morgan fingerprint density at radius 2 is 1.77 bits per heavy atom. The molecular weight excluding hydrogens is 416 g/mol. The molecule has 162 valence electrons. The van der Waals surface area contributed by atoms with E-state index in [0.29, 0.717) is 28.7 Å². The summed E-state index contributed by atoms with van der Waals surface area (Å²) in [6, 6.07) is 14.8. The predicted molar refractivity (Wildman–Crippen MR) is 119 cm³/mol. The fraction of sp³-hybridized carbons (Fsp3) is 0.261. The third-order valence-corrected chi connectivity index (χ3v) is 5.38. The SMILES string of the molecule is COc1ccc(CCC(=O)OCc2csc(N(C(C)=O)c3ccccc3)n2)cc1OC. The Hall–Kier alpha value is -3.39. The minimum atomic E-state index is -0.323. The summed E-state index contributed by atoms with van der Waals surface area (Å²) in [5.41, 5.74) is 2.29. The van der Waals surface area contributed by atoms with Gasteiger partial charge in [0.1, 0.15) is 6.61 Å². The van der Waals surface area contributed by atoms with Crippen LogP contribution >= 0.6 is 11.3 Å². The Morgan fingerprint density at radius 1 is 1.03 bits per heavy atom. The second-order valence-electron chi connectivity index (χ2n) is 6.66. The van der Waals surface area contributed by atoms with Crippen LogP contribution in [0.25, 0.3) is 0 Å². The van der Waals surface area contributed by atoms with Crippen molar-refractivity contribution in [2.24, 2.45) is 0 Å². The molecule has 0 unspecified atom stereocenters. The van der Waals surface area contributed by atoms with E-state index in [1.54, 1.807) is 19.6 Å². The third kappa shape index (κ3) is 5.82. The number of carbonyl (C=O) groups is 2. The molecule has 0 radical (unpaired) electrons. The van der Waals surface area contributed by atoms with Crippen LogP contribution in [0.2, 0.25) is 0 Å². The van der Waals surface area contributed by atoms with Crippen LogP contribution in [0.3, 0.4) is 0 Å². The first-order chi connectivity index (χ1) is 15.0. The van der Waals surface area contributed by atoms with Crippen LogP contribution in [0.15, 0.2) is 53.9 Å². The number of esters is 1. The number of ether oxygens (including phenoxy) is 3. The first kappa shape index (κ1) is 22.3. The van der Waals surface area contributed by atoms with E-state index in [2.05, 4.69) is 4.98 Å². The summed E-state index contributed by atoms with van der Waals surface area (Å²) >= 11 is 1.33. The Labute approximate surface area is 185 Å². The van der Waals surface area contributed by atoms with Crippen LogP contribution < -0.4 is 14.4 Å². The first-order valence-corrected chi connectivity index (χ1v) is 10.6. The molecule has 0 spiro atoms. The predicted octanol–water partition coefficient (Wildman–Crippen LogP) is 4.52. The van der Waals surface area contributed by atoms with Gasteiger partial charge in [0, 0.05) is 18.7 Å². The number of aryl methyl sites for hydroxylation is 1. The van der Waals surface area contributed by atoms with Gasteiger partial charge in [-0.05, 0) is 36.2 Å². The molecule has 0 saturated heterocycles. The number of hydrogen-bond acceptors (Lipinski definition) is 7. The lowest BCUT2D eigenvalue weighted by atomic mass is 10.1. The number of methoxy groups -OCH3 is 2. The standard InChI is InChI=1S/C23H24N2O5S/c1-16(26)25(19-7-5-4-6-8-19)23-24-18(15-31-23)14-30-22(27)12-10-17-9-11-20(28-2)21(13-17)29-3/h4-9,11,13,15H,10,12,14H2,1-3H3. The number of rotatable bonds is 9. The van der Waals surface area contributed by atoms with Crippen molar-refractivity contribution >= 4 is 34.0 Å². The second kappa shape index (κ2) is 10.6. The Morgan fingerprint density at radius 3 is 2.45 bits per heavy atom. The highest BCUT2D eigenvalue weighted by Gasteiger charge is 2.18. The van der Waals surface area contributed by atoms with E-state index in [1.165, 1.54) is 23.2 Å². The topological polar surface area (TPSA) is 78.0 Å². The van der Waals surface area contributed by atoms with Gasteiger partial charge in [-0.15, -0.1) is 11.3 Å². The molecule has 0 aliphatic carbocycles. The van der Waals surface area contributed by atoms with Gasteiger partial charge in [-0.2, -0.15) is 0 Å². The van der Waals surface area contributed by atoms with Crippen LogP contribution in [-0.4, -0.2) is 31.1 Å². The molecule has 1 amide bonds. The quantitative estimate of drug-likeness (QED) is 0.455. The van der Waals surface area contributed by atoms with Gasteiger partial charge >= 0.3 is 5.97 Å². The molecule has 7 nitrogen and oxygen atoms in total. The van der Waals surface area contributed by atoms with Gasteiger partial charge in [0.2, 0.25) is 5.91 Å². The Balaban J connectivity index is 1.55. The van der Waals surface area contributed by atoms with Gasteiger partial charge in [-0.3, -0.25) is 14.5 Å². The summed E-state index contributed by atoms with van der Waals surface area (Å²) in [4.78, 5) is 30.3. The number of aromatic nitrogens is 1. The second-order valence-corrected chi connectivity index (χ2v) is 7.50. The van der Waals surface area contributed by atoms with E-state index in [1.807, 2.05) is 48.5 Å². The minimum absolute atomic E-state index is 0.0573. The molecule has 3 rings (SSSR count). The third-order valence-electron chi connectivity index (χ3n) is 4.51. The van der Waals surface area contributed by atoms with Crippen molar-refractivity contribution in [1.29, 1.82) is 0 Å². The smallest absolute Gasteiger partial charge is 0.306 e. The number of benzene rings is 2. The normalized spacial score (nSPS) is 10.4. The maximum absolute atomic E-state index is 12.2. The highest BCUT2D eigenvalue weighted by atomic mass is 32.1. The molecule has 0 saturated carbocycles. The van der Waals surface area contributed by atoms with Crippen molar-refractivity contribution in [2.75, 3.05) is 19.1 Å². The van der Waals surface area contributed by atoms with Gasteiger partial charge < -0.3 is 14.2 Å². The molecular formula is C23H24N2O5S. The highest BCUT2D eigenvalue weighted by Crippen LogP contribution is 2.29. The van der Waals surface area contributed by atoms with Crippen LogP contribution in [0, 0.1) is 0 Å². The molecule has 0 aliphatic heterocycles. The average Bonchev–Trinajstić information content (AvgIpc) is 3.25. The summed E-state index contributed by atoms with van der Waals surface area (Å²) in [6.45, 7) is 1.55. The lowest BCUT2D eigenvalue weighted by molar-refractivity contribution is -0.145. The molecule has 0 bridgehead atoms. The van der Waals surface area contributed by atoms with Crippen molar-refractivity contribution in [3.05, 3.63) is 65.2 Å². The Bertz CT molecular complexity index is 1040. The van der Waals surface area contributed by atoms with Gasteiger partial charge in [0.05, 0.1) is 25.6 Å². The average molecular weight is 441 g/mol. The van der Waals surface area contributed by atoms with E-state index < -0.39 is 0 Å². The van der Waals surface area contributed by atoms with Crippen LogP contribution in [0.1, 0.15) is 24.6 Å².